The first-order valence-electron chi connectivity index (χ1n) is 10.7. The summed E-state index contributed by atoms with van der Waals surface area (Å²) in [6, 6.07) is 19.3. The quantitative estimate of drug-likeness (QED) is 0.383. The van der Waals surface area contributed by atoms with E-state index in [1.165, 1.54) is 0 Å². The molecular weight excluding hydrogens is 404 g/mol. The Morgan fingerprint density at radius 2 is 1.84 bits per heavy atom. The lowest BCUT2D eigenvalue weighted by atomic mass is 10.0. The van der Waals surface area contributed by atoms with Gasteiger partial charge in [-0.05, 0) is 43.7 Å². The van der Waals surface area contributed by atoms with Crippen LogP contribution in [0.25, 0.3) is 33.5 Å². The predicted octanol–water partition coefficient (Wildman–Crippen LogP) is 4.46. The summed E-state index contributed by atoms with van der Waals surface area (Å²) in [7, 11) is 1.65. The number of amides is 1. The molecule has 0 atom stereocenters. The van der Waals surface area contributed by atoms with Gasteiger partial charge in [0, 0.05) is 31.4 Å². The van der Waals surface area contributed by atoms with Gasteiger partial charge < -0.3 is 14.8 Å². The van der Waals surface area contributed by atoms with Crippen LogP contribution in [0, 0.1) is 0 Å². The van der Waals surface area contributed by atoms with Gasteiger partial charge in [-0.3, -0.25) is 9.89 Å². The van der Waals surface area contributed by atoms with Crippen LogP contribution in [-0.4, -0.2) is 48.0 Å². The fraction of sp³-hybridized carbons (Fsp3) is 0.240. The average Bonchev–Trinajstić information content (AvgIpc) is 3.26. The number of aromatic amines is 1. The fourth-order valence-electron chi connectivity index (χ4n) is 3.57. The first-order valence-corrected chi connectivity index (χ1v) is 10.7. The van der Waals surface area contributed by atoms with Crippen LogP contribution in [-0.2, 0) is 4.74 Å². The maximum Gasteiger partial charge on any atom is 0.252 e. The molecule has 4 rings (SSSR count). The van der Waals surface area contributed by atoms with Crippen molar-refractivity contribution in [1.82, 2.24) is 20.5 Å². The summed E-state index contributed by atoms with van der Waals surface area (Å²) in [5, 5.41) is 11.2. The molecule has 0 aliphatic rings. The third-order valence-corrected chi connectivity index (χ3v) is 5.10. The molecule has 1 amide bonds. The molecule has 0 aliphatic heterocycles. The number of carbonyl (C=O) groups excluding carboxylic acids is 1. The summed E-state index contributed by atoms with van der Waals surface area (Å²) in [4.78, 5) is 17.9. The van der Waals surface area contributed by atoms with E-state index in [-0.39, 0.29) is 5.91 Å². The Labute approximate surface area is 186 Å². The first kappa shape index (κ1) is 21.5. The molecule has 0 saturated carbocycles. The molecule has 7 heteroatoms. The molecule has 2 heterocycles. The van der Waals surface area contributed by atoms with Gasteiger partial charge in [-0.25, -0.2) is 4.98 Å². The highest BCUT2D eigenvalue weighted by Crippen LogP contribution is 2.31. The van der Waals surface area contributed by atoms with E-state index in [0.717, 1.165) is 29.0 Å². The minimum absolute atomic E-state index is 0.167. The number of carbonyl (C=O) groups is 1. The Balaban J connectivity index is 1.78. The number of aromatic nitrogens is 3. The van der Waals surface area contributed by atoms with Gasteiger partial charge in [0.05, 0.1) is 28.9 Å². The summed E-state index contributed by atoms with van der Waals surface area (Å²) in [5.41, 5.74) is 4.30. The van der Waals surface area contributed by atoms with Gasteiger partial charge in [0.2, 0.25) is 0 Å². The van der Waals surface area contributed by atoms with E-state index in [2.05, 4.69) is 15.5 Å². The lowest BCUT2D eigenvalue weighted by molar-refractivity contribution is 0.0950. The number of pyridine rings is 1. The maximum atomic E-state index is 13.2. The van der Waals surface area contributed by atoms with Crippen molar-refractivity contribution < 1.29 is 14.3 Å². The molecular formula is C25H26N4O3. The molecule has 0 unspecified atom stereocenters. The van der Waals surface area contributed by atoms with E-state index in [9.17, 15) is 4.79 Å². The van der Waals surface area contributed by atoms with Crippen LogP contribution in [0.3, 0.4) is 0 Å². The fourth-order valence-corrected chi connectivity index (χ4v) is 3.57. The number of hydrogen-bond donors (Lipinski definition) is 2. The van der Waals surface area contributed by atoms with Crippen molar-refractivity contribution in [2.75, 3.05) is 26.9 Å². The third kappa shape index (κ3) is 4.63. The zero-order valence-corrected chi connectivity index (χ0v) is 18.2. The topological polar surface area (TPSA) is 89.1 Å². The lowest BCUT2D eigenvalue weighted by Gasteiger charge is -2.10. The van der Waals surface area contributed by atoms with Crippen LogP contribution < -0.4 is 10.1 Å². The third-order valence-electron chi connectivity index (χ3n) is 5.10. The van der Waals surface area contributed by atoms with Crippen LogP contribution >= 0.6 is 0 Å². The molecule has 2 N–H and O–H groups in total. The van der Waals surface area contributed by atoms with Gasteiger partial charge in [0.15, 0.2) is 5.65 Å². The van der Waals surface area contributed by atoms with Crippen molar-refractivity contribution >= 4 is 16.9 Å². The van der Waals surface area contributed by atoms with Crippen molar-refractivity contribution in [1.29, 1.82) is 0 Å². The maximum absolute atomic E-state index is 13.2. The number of ether oxygens (including phenoxy) is 2. The second-order valence-corrected chi connectivity index (χ2v) is 7.28. The predicted molar refractivity (Wildman–Crippen MR) is 125 cm³/mol. The summed E-state index contributed by atoms with van der Waals surface area (Å²) in [5.74, 6) is 0.624. The van der Waals surface area contributed by atoms with E-state index < -0.39 is 0 Å². The summed E-state index contributed by atoms with van der Waals surface area (Å²) < 4.78 is 10.6. The Kier molecular flexibility index (Phi) is 6.77. The molecule has 0 fully saturated rings. The molecule has 0 saturated heterocycles. The van der Waals surface area contributed by atoms with Gasteiger partial charge in [-0.15, -0.1) is 0 Å². The molecule has 0 spiro atoms. The van der Waals surface area contributed by atoms with Crippen molar-refractivity contribution in [2.24, 2.45) is 0 Å². The van der Waals surface area contributed by atoms with Crippen LogP contribution in [0.15, 0.2) is 60.7 Å². The van der Waals surface area contributed by atoms with E-state index in [1.807, 2.05) is 67.6 Å². The van der Waals surface area contributed by atoms with Gasteiger partial charge in [0.25, 0.3) is 5.91 Å². The van der Waals surface area contributed by atoms with Crippen LogP contribution in [0.4, 0.5) is 0 Å². The number of nitrogens with zero attached hydrogens (tertiary/aromatic N) is 2. The number of fused-ring (bicyclic) bond motifs is 1. The first-order chi connectivity index (χ1) is 15.7. The van der Waals surface area contributed by atoms with Crippen molar-refractivity contribution in [2.45, 2.75) is 13.3 Å². The second kappa shape index (κ2) is 10.1. The van der Waals surface area contributed by atoms with E-state index >= 15 is 0 Å². The largest absolute Gasteiger partial charge is 0.494 e. The molecule has 0 bridgehead atoms. The highest BCUT2D eigenvalue weighted by molar-refractivity contribution is 6.10. The molecule has 7 nitrogen and oxygen atoms in total. The summed E-state index contributed by atoms with van der Waals surface area (Å²) in [6.45, 7) is 3.66. The van der Waals surface area contributed by atoms with Gasteiger partial charge in [-0.2, -0.15) is 5.10 Å². The number of methoxy groups -OCH3 is 1. The SMILES string of the molecule is CCOc1ccc(-c2cc(C(=O)NCCCOC)c3c(-c4ccccc4)[nH]nc3n2)cc1. The normalized spacial score (nSPS) is 10.9. The van der Waals surface area contributed by atoms with E-state index in [1.54, 1.807) is 7.11 Å². The smallest absolute Gasteiger partial charge is 0.252 e. The van der Waals surface area contributed by atoms with Crippen LogP contribution in [0.2, 0.25) is 0 Å². The van der Waals surface area contributed by atoms with Crippen LogP contribution in [0.5, 0.6) is 5.75 Å². The number of benzene rings is 2. The molecule has 164 valence electrons. The van der Waals surface area contributed by atoms with Crippen molar-refractivity contribution in [3.8, 4) is 28.3 Å². The number of rotatable bonds is 9. The highest BCUT2D eigenvalue weighted by atomic mass is 16.5. The minimum Gasteiger partial charge on any atom is -0.494 e. The Morgan fingerprint density at radius 1 is 1.06 bits per heavy atom. The molecule has 0 aliphatic carbocycles. The number of nitrogens with one attached hydrogen (secondary N) is 2. The zero-order chi connectivity index (χ0) is 22.3. The Morgan fingerprint density at radius 3 is 2.56 bits per heavy atom. The van der Waals surface area contributed by atoms with Crippen molar-refractivity contribution in [3.05, 3.63) is 66.2 Å². The molecule has 4 aromatic rings. The minimum atomic E-state index is -0.167. The average molecular weight is 431 g/mol. The molecule has 2 aromatic carbocycles. The molecule has 2 aromatic heterocycles. The monoisotopic (exact) mass is 430 g/mol. The van der Waals surface area contributed by atoms with Gasteiger partial charge in [0.1, 0.15) is 5.75 Å². The van der Waals surface area contributed by atoms with Crippen molar-refractivity contribution in [3.63, 3.8) is 0 Å². The summed E-state index contributed by atoms with van der Waals surface area (Å²) >= 11 is 0. The standard InChI is InChI=1S/C25H26N4O3/c1-3-32-19-12-10-17(11-13-19)21-16-20(25(30)26-14-7-15-31-2)22-23(28-29-24(22)27-21)18-8-5-4-6-9-18/h4-6,8-13,16H,3,7,14-15H2,1-2H3,(H,26,30)(H,27,28,29). The molecule has 32 heavy (non-hydrogen) atoms. The Hall–Kier alpha value is -3.71. The van der Waals surface area contributed by atoms with Gasteiger partial charge >= 0.3 is 0 Å². The van der Waals surface area contributed by atoms with Gasteiger partial charge in [-0.1, -0.05) is 30.3 Å². The second-order valence-electron chi connectivity index (χ2n) is 7.28. The zero-order valence-electron chi connectivity index (χ0n) is 18.2. The van der Waals surface area contributed by atoms with E-state index in [0.29, 0.717) is 42.0 Å². The lowest BCUT2D eigenvalue weighted by Crippen LogP contribution is -2.25. The number of hydrogen-bond acceptors (Lipinski definition) is 5. The van der Waals surface area contributed by atoms with Crippen LogP contribution in [0.1, 0.15) is 23.7 Å². The summed E-state index contributed by atoms with van der Waals surface area (Å²) in [6.07, 6.45) is 0.735. The Bertz CT molecular complexity index is 1190. The molecule has 0 radical (unpaired) electrons. The van der Waals surface area contributed by atoms with E-state index in [4.69, 9.17) is 14.5 Å². The highest BCUT2D eigenvalue weighted by Gasteiger charge is 2.20. The number of H-pyrrole nitrogens is 1.